The number of carbonyl (C=O) groups is 2. The van der Waals surface area contributed by atoms with Crippen LogP contribution in [0.5, 0.6) is 11.5 Å². The molecule has 3 rings (SSSR count). The van der Waals surface area contributed by atoms with E-state index in [1.54, 1.807) is 25.3 Å². The van der Waals surface area contributed by atoms with E-state index in [1.165, 1.54) is 12.0 Å². The van der Waals surface area contributed by atoms with Gasteiger partial charge in [0.05, 0.1) is 39.0 Å². The van der Waals surface area contributed by atoms with Crippen molar-refractivity contribution >= 4 is 17.4 Å². The van der Waals surface area contributed by atoms with Gasteiger partial charge in [0, 0.05) is 19.7 Å². The van der Waals surface area contributed by atoms with E-state index < -0.39 is 0 Å². The molecule has 0 aromatic heterocycles. The average Bonchev–Trinajstić information content (AvgIpc) is 3.03. The molecule has 31 heavy (non-hydrogen) atoms. The number of methoxy groups -OCH3 is 2. The number of carbonyl (C=O) groups excluding carboxylic acids is 2. The van der Waals surface area contributed by atoms with Crippen LogP contribution in [0.4, 0.5) is 0 Å². The third-order valence-corrected chi connectivity index (χ3v) is 5.68. The first-order chi connectivity index (χ1) is 14.9. The highest BCUT2D eigenvalue weighted by molar-refractivity contribution is 6.35. The third-order valence-electron chi connectivity index (χ3n) is 5.68. The van der Waals surface area contributed by atoms with Crippen molar-refractivity contribution in [2.45, 2.75) is 32.8 Å². The van der Waals surface area contributed by atoms with Crippen LogP contribution in [0.15, 0.2) is 23.9 Å². The van der Waals surface area contributed by atoms with E-state index in [0.29, 0.717) is 41.4 Å². The minimum absolute atomic E-state index is 0.0120. The average molecular weight is 433 g/mol. The smallest absolute Gasteiger partial charge is 0.277 e. The summed E-state index contributed by atoms with van der Waals surface area (Å²) in [5, 5.41) is 9.65. The molecule has 2 aliphatic rings. The third kappa shape index (κ3) is 4.85. The highest BCUT2D eigenvalue weighted by Crippen LogP contribution is 2.37. The van der Waals surface area contributed by atoms with Gasteiger partial charge in [0.1, 0.15) is 5.70 Å². The molecule has 1 saturated heterocycles. The van der Waals surface area contributed by atoms with E-state index in [9.17, 15) is 14.7 Å². The Balaban J connectivity index is 2.01. The SMILES string of the molecule is COc1ccc(C2=C(N3CCCC(CO)C3)C(=O)N(CCOC(C)C)C2=O)cc1OC. The highest BCUT2D eigenvalue weighted by atomic mass is 16.5. The van der Waals surface area contributed by atoms with Crippen molar-refractivity contribution in [3.63, 3.8) is 0 Å². The predicted octanol–water partition coefficient (Wildman–Crippen LogP) is 1.91. The quantitative estimate of drug-likeness (QED) is 0.597. The molecule has 1 atom stereocenters. The molecule has 0 saturated carbocycles. The Labute approximate surface area is 183 Å². The Morgan fingerprint density at radius 3 is 2.52 bits per heavy atom. The second-order valence-electron chi connectivity index (χ2n) is 8.11. The summed E-state index contributed by atoms with van der Waals surface area (Å²) in [6.45, 7) is 5.55. The molecule has 2 heterocycles. The summed E-state index contributed by atoms with van der Waals surface area (Å²) in [5.74, 6) is 0.451. The van der Waals surface area contributed by atoms with Crippen LogP contribution in [0.25, 0.3) is 5.57 Å². The summed E-state index contributed by atoms with van der Waals surface area (Å²) >= 11 is 0. The van der Waals surface area contributed by atoms with Crippen molar-refractivity contribution in [3.05, 3.63) is 29.5 Å². The molecule has 0 radical (unpaired) electrons. The first-order valence-corrected chi connectivity index (χ1v) is 10.7. The van der Waals surface area contributed by atoms with Gasteiger partial charge in [-0.1, -0.05) is 6.07 Å². The predicted molar refractivity (Wildman–Crippen MR) is 116 cm³/mol. The Morgan fingerprint density at radius 2 is 1.87 bits per heavy atom. The van der Waals surface area contributed by atoms with E-state index in [4.69, 9.17) is 14.2 Å². The van der Waals surface area contributed by atoms with E-state index in [2.05, 4.69) is 0 Å². The number of likely N-dealkylation sites (tertiary alicyclic amines) is 1. The number of piperidine rings is 1. The standard InChI is InChI=1S/C23H32N2O6/c1-15(2)31-11-10-25-22(27)20(17-7-8-18(29-3)19(12-17)30-4)21(23(25)28)24-9-5-6-16(13-24)14-26/h7-8,12,15-16,26H,5-6,9-11,13-14H2,1-4H3. The minimum Gasteiger partial charge on any atom is -0.493 e. The largest absolute Gasteiger partial charge is 0.493 e. The molecule has 8 heteroatoms. The molecule has 8 nitrogen and oxygen atoms in total. The van der Waals surface area contributed by atoms with E-state index in [-0.39, 0.29) is 43.6 Å². The van der Waals surface area contributed by atoms with Crippen LogP contribution in [0, 0.1) is 5.92 Å². The van der Waals surface area contributed by atoms with Crippen LogP contribution in [-0.4, -0.2) is 79.9 Å². The lowest BCUT2D eigenvalue weighted by Crippen LogP contribution is -2.41. The number of benzene rings is 1. The second kappa shape index (κ2) is 10.2. The zero-order valence-electron chi connectivity index (χ0n) is 18.7. The second-order valence-corrected chi connectivity index (χ2v) is 8.11. The molecular formula is C23H32N2O6. The Kier molecular flexibility index (Phi) is 7.56. The van der Waals surface area contributed by atoms with Gasteiger partial charge in [-0.15, -0.1) is 0 Å². The van der Waals surface area contributed by atoms with E-state index >= 15 is 0 Å². The van der Waals surface area contributed by atoms with Crippen molar-refractivity contribution < 1.29 is 28.9 Å². The maximum Gasteiger partial charge on any atom is 0.277 e. The lowest BCUT2D eigenvalue weighted by atomic mass is 9.96. The van der Waals surface area contributed by atoms with Crippen LogP contribution >= 0.6 is 0 Å². The van der Waals surface area contributed by atoms with Gasteiger partial charge in [0.25, 0.3) is 11.8 Å². The van der Waals surface area contributed by atoms with Gasteiger partial charge >= 0.3 is 0 Å². The number of imide groups is 1. The Morgan fingerprint density at radius 1 is 1.13 bits per heavy atom. The molecule has 170 valence electrons. The summed E-state index contributed by atoms with van der Waals surface area (Å²) < 4.78 is 16.3. The first-order valence-electron chi connectivity index (χ1n) is 10.7. The summed E-state index contributed by atoms with van der Waals surface area (Å²) in [6.07, 6.45) is 1.77. The van der Waals surface area contributed by atoms with Gasteiger partial charge in [0.15, 0.2) is 11.5 Å². The number of aliphatic hydroxyl groups is 1. The fraction of sp³-hybridized carbons (Fsp3) is 0.565. The number of nitrogens with zero attached hydrogens (tertiary/aromatic N) is 2. The topological polar surface area (TPSA) is 88.5 Å². The van der Waals surface area contributed by atoms with Crippen molar-refractivity contribution in [1.29, 1.82) is 0 Å². The van der Waals surface area contributed by atoms with Crippen LogP contribution in [0.2, 0.25) is 0 Å². The molecule has 1 fully saturated rings. The number of amides is 2. The summed E-state index contributed by atoms with van der Waals surface area (Å²) in [4.78, 5) is 30.0. The summed E-state index contributed by atoms with van der Waals surface area (Å²) in [7, 11) is 3.08. The zero-order chi connectivity index (χ0) is 22.5. The van der Waals surface area contributed by atoms with Gasteiger partial charge < -0.3 is 24.2 Å². The molecular weight excluding hydrogens is 400 g/mol. The Hall–Kier alpha value is -2.58. The number of ether oxygens (including phenoxy) is 3. The van der Waals surface area contributed by atoms with Gasteiger partial charge in [0.2, 0.25) is 0 Å². The zero-order valence-corrected chi connectivity index (χ0v) is 18.7. The van der Waals surface area contributed by atoms with Crippen molar-refractivity contribution in [3.8, 4) is 11.5 Å². The lowest BCUT2D eigenvalue weighted by Gasteiger charge is -2.34. The maximum absolute atomic E-state index is 13.4. The summed E-state index contributed by atoms with van der Waals surface area (Å²) in [5.41, 5.74) is 1.35. The van der Waals surface area contributed by atoms with Gasteiger partial charge in [-0.05, 0) is 50.3 Å². The fourth-order valence-corrected chi connectivity index (χ4v) is 4.11. The molecule has 0 bridgehead atoms. The minimum atomic E-state index is -0.342. The summed E-state index contributed by atoms with van der Waals surface area (Å²) in [6, 6.07) is 5.22. The number of hydrogen-bond donors (Lipinski definition) is 1. The Bertz CT molecular complexity index is 850. The van der Waals surface area contributed by atoms with Crippen LogP contribution in [0.3, 0.4) is 0 Å². The lowest BCUT2D eigenvalue weighted by molar-refractivity contribution is -0.138. The number of rotatable bonds is 9. The van der Waals surface area contributed by atoms with Crippen LogP contribution in [-0.2, 0) is 14.3 Å². The molecule has 1 aromatic rings. The monoisotopic (exact) mass is 432 g/mol. The number of aliphatic hydroxyl groups excluding tert-OH is 1. The molecule has 1 unspecified atom stereocenters. The molecule has 0 aliphatic carbocycles. The van der Waals surface area contributed by atoms with Crippen LogP contribution in [0.1, 0.15) is 32.3 Å². The van der Waals surface area contributed by atoms with Crippen molar-refractivity contribution in [2.75, 3.05) is 47.1 Å². The van der Waals surface area contributed by atoms with Crippen molar-refractivity contribution in [1.82, 2.24) is 9.80 Å². The normalized spacial score (nSPS) is 19.6. The van der Waals surface area contributed by atoms with E-state index in [0.717, 1.165) is 12.8 Å². The molecule has 1 aromatic carbocycles. The maximum atomic E-state index is 13.4. The first kappa shape index (κ1) is 23.1. The highest BCUT2D eigenvalue weighted by Gasteiger charge is 2.42. The van der Waals surface area contributed by atoms with Crippen LogP contribution < -0.4 is 9.47 Å². The number of hydrogen-bond acceptors (Lipinski definition) is 7. The van der Waals surface area contributed by atoms with Gasteiger partial charge in [-0.25, -0.2) is 0 Å². The molecule has 2 aliphatic heterocycles. The molecule has 0 spiro atoms. The fourth-order valence-electron chi connectivity index (χ4n) is 4.11. The van der Waals surface area contributed by atoms with Gasteiger partial charge in [-0.3, -0.25) is 14.5 Å². The van der Waals surface area contributed by atoms with Gasteiger partial charge in [-0.2, -0.15) is 0 Å². The molecule has 1 N–H and O–H groups in total. The van der Waals surface area contributed by atoms with E-state index in [1.807, 2.05) is 18.7 Å². The molecule has 2 amide bonds. The van der Waals surface area contributed by atoms with Crippen molar-refractivity contribution in [2.24, 2.45) is 5.92 Å².